The lowest BCUT2D eigenvalue weighted by atomic mass is 10.2. The molecule has 1 amide bonds. The summed E-state index contributed by atoms with van der Waals surface area (Å²) in [7, 11) is 0. The van der Waals surface area contributed by atoms with E-state index in [0.717, 1.165) is 0 Å². The third-order valence-corrected chi connectivity index (χ3v) is 4.00. The van der Waals surface area contributed by atoms with Crippen LogP contribution in [0.15, 0.2) is 30.3 Å². The Morgan fingerprint density at radius 2 is 1.84 bits per heavy atom. The second kappa shape index (κ2) is 7.51. The summed E-state index contributed by atoms with van der Waals surface area (Å²) in [6.45, 7) is 0.885. The highest BCUT2D eigenvalue weighted by atomic mass is 35.5. The van der Waals surface area contributed by atoms with Crippen LogP contribution in [0.4, 0.5) is 11.4 Å². The van der Waals surface area contributed by atoms with Crippen molar-refractivity contribution in [2.24, 2.45) is 0 Å². The summed E-state index contributed by atoms with van der Waals surface area (Å²) in [4.78, 5) is 12.1. The van der Waals surface area contributed by atoms with Crippen LogP contribution in [0.2, 0.25) is 10.0 Å². The normalized spacial score (nSPS) is 12.2. The second-order valence-electron chi connectivity index (χ2n) is 5.18. The zero-order valence-corrected chi connectivity index (χ0v) is 14.4. The molecule has 6 nitrogen and oxygen atoms in total. The number of hydrogen-bond donors (Lipinski definition) is 2. The number of nitrogens with one attached hydrogen (secondary N) is 2. The van der Waals surface area contributed by atoms with Crippen LogP contribution in [0.25, 0.3) is 0 Å². The summed E-state index contributed by atoms with van der Waals surface area (Å²) < 4.78 is 10.9. The summed E-state index contributed by atoms with van der Waals surface area (Å²) in [6, 6.07) is 9.98. The van der Waals surface area contributed by atoms with Gasteiger partial charge >= 0.3 is 0 Å². The molecular formula is C17H13Cl2N3O3. The van der Waals surface area contributed by atoms with E-state index in [4.69, 9.17) is 37.9 Å². The largest absolute Gasteiger partial charge is 0.486 e. The van der Waals surface area contributed by atoms with Gasteiger partial charge in [0.2, 0.25) is 5.91 Å². The zero-order valence-electron chi connectivity index (χ0n) is 12.9. The Morgan fingerprint density at radius 1 is 1.12 bits per heavy atom. The first kappa shape index (κ1) is 17.2. The Bertz CT molecular complexity index is 865. The van der Waals surface area contributed by atoms with Crippen molar-refractivity contribution in [2.75, 3.05) is 30.4 Å². The molecule has 0 aromatic heterocycles. The van der Waals surface area contributed by atoms with Crippen molar-refractivity contribution in [2.45, 2.75) is 0 Å². The molecule has 2 N–H and O–H groups in total. The van der Waals surface area contributed by atoms with Gasteiger partial charge in [-0.3, -0.25) is 4.79 Å². The summed E-state index contributed by atoms with van der Waals surface area (Å²) in [5, 5.41) is 15.5. The molecule has 1 heterocycles. The van der Waals surface area contributed by atoms with Crippen LogP contribution >= 0.6 is 23.2 Å². The average Bonchev–Trinajstić information content (AvgIpc) is 2.60. The van der Waals surface area contributed by atoms with Crippen LogP contribution in [-0.2, 0) is 4.79 Å². The van der Waals surface area contributed by atoms with Gasteiger partial charge in [0.15, 0.2) is 11.5 Å². The Balaban J connectivity index is 1.67. The molecule has 2 aromatic rings. The molecule has 2 aromatic carbocycles. The molecule has 0 spiro atoms. The van der Waals surface area contributed by atoms with E-state index in [2.05, 4.69) is 10.6 Å². The molecule has 0 radical (unpaired) electrons. The van der Waals surface area contributed by atoms with Crippen LogP contribution in [0, 0.1) is 11.3 Å². The third-order valence-electron chi connectivity index (χ3n) is 3.45. The number of carbonyl (C=O) groups excluding carboxylic acids is 1. The molecule has 1 aliphatic rings. The molecule has 128 valence electrons. The number of carbonyl (C=O) groups is 1. The lowest BCUT2D eigenvalue weighted by molar-refractivity contribution is -0.114. The highest BCUT2D eigenvalue weighted by molar-refractivity contribution is 6.33. The number of anilines is 2. The second-order valence-corrected chi connectivity index (χ2v) is 6.02. The first-order valence-corrected chi connectivity index (χ1v) is 8.15. The van der Waals surface area contributed by atoms with Crippen molar-refractivity contribution in [3.8, 4) is 17.6 Å². The molecule has 1 aliphatic heterocycles. The fourth-order valence-electron chi connectivity index (χ4n) is 2.29. The van der Waals surface area contributed by atoms with Crippen molar-refractivity contribution in [3.05, 3.63) is 45.9 Å². The van der Waals surface area contributed by atoms with E-state index in [1.165, 1.54) is 6.07 Å². The van der Waals surface area contributed by atoms with Gasteiger partial charge in [0.1, 0.15) is 19.3 Å². The van der Waals surface area contributed by atoms with E-state index in [-0.39, 0.29) is 12.5 Å². The Morgan fingerprint density at radius 3 is 2.56 bits per heavy atom. The van der Waals surface area contributed by atoms with Crippen LogP contribution in [0.3, 0.4) is 0 Å². The fourth-order valence-corrected chi connectivity index (χ4v) is 2.68. The van der Waals surface area contributed by atoms with Gasteiger partial charge < -0.3 is 20.1 Å². The highest BCUT2D eigenvalue weighted by Gasteiger charge is 2.16. The quantitative estimate of drug-likeness (QED) is 0.848. The van der Waals surface area contributed by atoms with Crippen molar-refractivity contribution < 1.29 is 14.3 Å². The van der Waals surface area contributed by atoms with Gasteiger partial charge in [-0.15, -0.1) is 0 Å². The predicted octanol–water partition coefficient (Wildman–Crippen LogP) is 3.69. The average molecular weight is 378 g/mol. The molecule has 0 saturated heterocycles. The molecule has 8 heteroatoms. The number of amides is 1. The number of rotatable bonds is 4. The van der Waals surface area contributed by atoms with Gasteiger partial charge in [-0.2, -0.15) is 5.26 Å². The molecule has 25 heavy (non-hydrogen) atoms. The number of hydrogen-bond acceptors (Lipinski definition) is 5. The SMILES string of the molecule is N#Cc1ccc(Cl)cc1NC(=O)CNc1cc2c(cc1Cl)OCCO2. The number of fused-ring (bicyclic) bond motifs is 1. The van der Waals surface area contributed by atoms with Gasteiger partial charge in [0.25, 0.3) is 0 Å². The number of benzene rings is 2. The van der Waals surface area contributed by atoms with Gasteiger partial charge in [-0.05, 0) is 18.2 Å². The third kappa shape index (κ3) is 4.08. The minimum atomic E-state index is -0.343. The lowest BCUT2D eigenvalue weighted by Crippen LogP contribution is -2.22. The van der Waals surface area contributed by atoms with Gasteiger partial charge in [-0.25, -0.2) is 0 Å². The van der Waals surface area contributed by atoms with Crippen molar-refractivity contribution >= 4 is 40.5 Å². The van der Waals surface area contributed by atoms with Gasteiger partial charge in [0, 0.05) is 17.2 Å². The number of ether oxygens (including phenoxy) is 2. The fraction of sp³-hybridized carbons (Fsp3) is 0.176. The minimum Gasteiger partial charge on any atom is -0.486 e. The minimum absolute atomic E-state index is 0.0449. The first-order valence-electron chi connectivity index (χ1n) is 7.39. The molecule has 0 unspecified atom stereocenters. The summed E-state index contributed by atoms with van der Waals surface area (Å²) in [6.07, 6.45) is 0. The van der Waals surface area contributed by atoms with Crippen LogP contribution < -0.4 is 20.1 Å². The van der Waals surface area contributed by atoms with Crippen LogP contribution in [0.1, 0.15) is 5.56 Å². The van der Waals surface area contributed by atoms with Gasteiger partial charge in [0.05, 0.1) is 28.5 Å². The summed E-state index contributed by atoms with van der Waals surface area (Å²) in [5.41, 5.74) is 1.23. The Kier molecular flexibility index (Phi) is 5.17. The standard InChI is InChI=1S/C17H13Cl2N3O3/c18-11-2-1-10(8-20)13(5-11)22-17(23)9-21-14-7-16-15(6-12(14)19)24-3-4-25-16/h1-2,5-7,21H,3-4,9H2,(H,22,23). The number of nitrogens with zero attached hydrogens (tertiary/aromatic N) is 1. The van der Waals surface area contributed by atoms with E-state index in [9.17, 15) is 4.79 Å². The number of halogens is 2. The van der Waals surface area contributed by atoms with Crippen LogP contribution in [0.5, 0.6) is 11.5 Å². The Hall–Kier alpha value is -2.62. The van der Waals surface area contributed by atoms with Crippen molar-refractivity contribution in [1.82, 2.24) is 0 Å². The maximum absolute atomic E-state index is 12.1. The zero-order chi connectivity index (χ0) is 17.8. The molecule has 0 fully saturated rings. The highest BCUT2D eigenvalue weighted by Crippen LogP contribution is 2.37. The first-order chi connectivity index (χ1) is 12.1. The monoisotopic (exact) mass is 377 g/mol. The van der Waals surface area contributed by atoms with Crippen LogP contribution in [-0.4, -0.2) is 25.7 Å². The Labute approximate surface area is 154 Å². The molecular weight excluding hydrogens is 365 g/mol. The summed E-state index contributed by atoms with van der Waals surface area (Å²) >= 11 is 12.1. The van der Waals surface area contributed by atoms with Crippen molar-refractivity contribution in [3.63, 3.8) is 0 Å². The topological polar surface area (TPSA) is 83.4 Å². The smallest absolute Gasteiger partial charge is 0.243 e. The molecule has 0 bridgehead atoms. The van der Waals surface area contributed by atoms with E-state index < -0.39 is 0 Å². The molecule has 0 saturated carbocycles. The maximum Gasteiger partial charge on any atom is 0.243 e. The van der Waals surface area contributed by atoms with E-state index >= 15 is 0 Å². The maximum atomic E-state index is 12.1. The molecule has 3 rings (SSSR count). The number of nitriles is 1. The molecule has 0 aliphatic carbocycles. The molecule has 0 atom stereocenters. The predicted molar refractivity (Wildman–Crippen MR) is 95.7 cm³/mol. The van der Waals surface area contributed by atoms with E-state index in [1.807, 2.05) is 6.07 Å². The van der Waals surface area contributed by atoms with E-state index in [0.29, 0.717) is 51.7 Å². The summed E-state index contributed by atoms with van der Waals surface area (Å²) in [5.74, 6) is 0.800. The van der Waals surface area contributed by atoms with E-state index in [1.54, 1.807) is 24.3 Å². The van der Waals surface area contributed by atoms with Gasteiger partial charge in [-0.1, -0.05) is 23.2 Å². The van der Waals surface area contributed by atoms with Crippen molar-refractivity contribution in [1.29, 1.82) is 5.26 Å². The lowest BCUT2D eigenvalue weighted by Gasteiger charge is -2.20.